The van der Waals surface area contributed by atoms with Crippen molar-refractivity contribution in [1.29, 1.82) is 5.41 Å². The van der Waals surface area contributed by atoms with Gasteiger partial charge < -0.3 is 21.0 Å². The molecule has 1 aromatic carbocycles. The maximum Gasteiger partial charge on any atom is 0.251 e. The Hall–Kier alpha value is -2.30. The molecule has 0 aliphatic heterocycles. The molecule has 0 spiro atoms. The predicted molar refractivity (Wildman–Crippen MR) is 73.7 cm³/mol. The van der Waals surface area contributed by atoms with Gasteiger partial charge in [0.15, 0.2) is 0 Å². The molecule has 0 atom stereocenters. The summed E-state index contributed by atoms with van der Waals surface area (Å²) in [5.41, 5.74) is 2.78. The Kier molecular flexibility index (Phi) is 3.06. The zero-order chi connectivity index (χ0) is 13.3. The number of nitrogens with one attached hydrogen (secondary N) is 4. The third-order valence-corrected chi connectivity index (χ3v) is 2.91. The summed E-state index contributed by atoms with van der Waals surface area (Å²) in [7, 11) is 3.41. The average molecular weight is 244 g/mol. The number of rotatable bonds is 3. The first-order valence-electron chi connectivity index (χ1n) is 5.69. The Balaban J connectivity index is 2.66. The molecule has 0 radical (unpaired) electrons. The monoisotopic (exact) mass is 244 g/mol. The normalized spacial score (nSPS) is 10.4. The molecule has 4 N–H and O–H groups in total. The highest BCUT2D eigenvalue weighted by Gasteiger charge is 2.13. The molecule has 0 bridgehead atoms. The SMILES string of the molecule is CNC(=O)c1ccc2c(C(C)=N)c(NC)[nH]c2c1. The number of aromatic nitrogens is 1. The van der Waals surface area contributed by atoms with Gasteiger partial charge in [-0.1, -0.05) is 6.07 Å². The predicted octanol–water partition coefficient (Wildman–Crippen LogP) is 1.96. The Bertz CT molecular complexity index is 627. The van der Waals surface area contributed by atoms with Gasteiger partial charge in [-0.15, -0.1) is 0 Å². The summed E-state index contributed by atoms with van der Waals surface area (Å²) in [6.07, 6.45) is 0. The number of aromatic amines is 1. The third kappa shape index (κ3) is 1.84. The molecule has 5 nitrogen and oxygen atoms in total. The van der Waals surface area contributed by atoms with Crippen LogP contribution < -0.4 is 10.6 Å². The molecule has 2 aromatic rings. The quantitative estimate of drug-likeness (QED) is 0.622. The second kappa shape index (κ2) is 4.52. The molecule has 0 aliphatic carbocycles. The second-order valence-corrected chi connectivity index (χ2v) is 4.09. The fraction of sp³-hybridized carbons (Fsp3) is 0.231. The number of carbonyl (C=O) groups excluding carboxylic acids is 1. The van der Waals surface area contributed by atoms with E-state index in [1.54, 1.807) is 33.2 Å². The lowest BCUT2D eigenvalue weighted by atomic mass is 10.1. The Morgan fingerprint density at radius 3 is 2.61 bits per heavy atom. The van der Waals surface area contributed by atoms with E-state index in [4.69, 9.17) is 5.41 Å². The van der Waals surface area contributed by atoms with Crippen LogP contribution in [0.4, 0.5) is 5.82 Å². The Labute approximate surface area is 105 Å². The van der Waals surface area contributed by atoms with Crippen LogP contribution >= 0.6 is 0 Å². The number of hydrogen-bond donors (Lipinski definition) is 4. The Morgan fingerprint density at radius 2 is 2.06 bits per heavy atom. The van der Waals surface area contributed by atoms with Gasteiger partial charge in [0, 0.05) is 41.8 Å². The number of amides is 1. The molecular formula is C13H16N4O. The van der Waals surface area contributed by atoms with Crippen LogP contribution in [0, 0.1) is 5.41 Å². The van der Waals surface area contributed by atoms with Gasteiger partial charge in [-0.2, -0.15) is 0 Å². The molecule has 2 rings (SSSR count). The van der Waals surface area contributed by atoms with Crippen molar-refractivity contribution in [3.05, 3.63) is 29.3 Å². The number of fused-ring (bicyclic) bond motifs is 1. The molecule has 0 saturated heterocycles. The van der Waals surface area contributed by atoms with Crippen LogP contribution in [0.3, 0.4) is 0 Å². The largest absolute Gasteiger partial charge is 0.374 e. The molecule has 5 heteroatoms. The van der Waals surface area contributed by atoms with Crippen molar-refractivity contribution in [3.8, 4) is 0 Å². The zero-order valence-corrected chi connectivity index (χ0v) is 10.6. The smallest absolute Gasteiger partial charge is 0.251 e. The summed E-state index contributed by atoms with van der Waals surface area (Å²) in [6.45, 7) is 1.75. The van der Waals surface area contributed by atoms with Crippen molar-refractivity contribution in [2.24, 2.45) is 0 Å². The van der Waals surface area contributed by atoms with Gasteiger partial charge in [0.1, 0.15) is 5.82 Å². The molecule has 0 saturated carbocycles. The minimum Gasteiger partial charge on any atom is -0.374 e. The van der Waals surface area contributed by atoms with Crippen molar-refractivity contribution in [2.75, 3.05) is 19.4 Å². The van der Waals surface area contributed by atoms with Gasteiger partial charge in [0.2, 0.25) is 0 Å². The highest BCUT2D eigenvalue weighted by Crippen LogP contribution is 2.27. The van der Waals surface area contributed by atoms with E-state index in [-0.39, 0.29) is 5.91 Å². The van der Waals surface area contributed by atoms with Crippen LogP contribution in [-0.2, 0) is 0 Å². The first-order chi connectivity index (χ1) is 8.58. The molecule has 0 unspecified atom stereocenters. The first-order valence-corrected chi connectivity index (χ1v) is 5.69. The van der Waals surface area contributed by atoms with Gasteiger partial charge in [-0.25, -0.2) is 0 Å². The number of anilines is 1. The van der Waals surface area contributed by atoms with Gasteiger partial charge in [-0.3, -0.25) is 4.79 Å². The van der Waals surface area contributed by atoms with Gasteiger partial charge >= 0.3 is 0 Å². The molecule has 1 amide bonds. The van der Waals surface area contributed by atoms with E-state index in [1.807, 2.05) is 6.07 Å². The summed E-state index contributed by atoms with van der Waals surface area (Å²) in [5, 5.41) is 14.4. The van der Waals surface area contributed by atoms with Crippen molar-refractivity contribution < 1.29 is 4.79 Å². The molecule has 0 fully saturated rings. The second-order valence-electron chi connectivity index (χ2n) is 4.09. The Morgan fingerprint density at radius 1 is 1.33 bits per heavy atom. The highest BCUT2D eigenvalue weighted by molar-refractivity contribution is 6.13. The van der Waals surface area contributed by atoms with Crippen LogP contribution in [0.5, 0.6) is 0 Å². The van der Waals surface area contributed by atoms with Gasteiger partial charge in [0.05, 0.1) is 0 Å². The van der Waals surface area contributed by atoms with E-state index in [0.717, 1.165) is 22.3 Å². The fourth-order valence-electron chi connectivity index (χ4n) is 2.06. The summed E-state index contributed by atoms with van der Waals surface area (Å²) in [6, 6.07) is 5.42. The lowest BCUT2D eigenvalue weighted by Crippen LogP contribution is -2.17. The molecule has 1 heterocycles. The van der Waals surface area contributed by atoms with E-state index in [1.165, 1.54) is 0 Å². The topological polar surface area (TPSA) is 80.8 Å². The van der Waals surface area contributed by atoms with E-state index in [0.29, 0.717) is 11.3 Å². The highest BCUT2D eigenvalue weighted by atomic mass is 16.1. The van der Waals surface area contributed by atoms with Crippen LogP contribution in [0.15, 0.2) is 18.2 Å². The van der Waals surface area contributed by atoms with Crippen molar-refractivity contribution in [3.63, 3.8) is 0 Å². The van der Waals surface area contributed by atoms with Gasteiger partial charge in [-0.05, 0) is 19.1 Å². The zero-order valence-electron chi connectivity index (χ0n) is 10.6. The first kappa shape index (κ1) is 12.2. The van der Waals surface area contributed by atoms with Crippen molar-refractivity contribution in [1.82, 2.24) is 10.3 Å². The standard InChI is InChI=1S/C13H16N4O/c1-7(14)11-9-5-4-8(13(18)16-3)6-10(9)17-12(11)15-2/h4-6,14-15,17H,1-3H3,(H,16,18). The number of H-pyrrole nitrogens is 1. The van der Waals surface area contributed by atoms with Crippen molar-refractivity contribution >= 4 is 28.3 Å². The summed E-state index contributed by atoms with van der Waals surface area (Å²) < 4.78 is 0. The van der Waals surface area contributed by atoms with Gasteiger partial charge in [0.25, 0.3) is 5.91 Å². The molecule has 1 aromatic heterocycles. The molecule has 0 aliphatic rings. The minimum absolute atomic E-state index is 0.120. The maximum atomic E-state index is 11.6. The van der Waals surface area contributed by atoms with Crippen molar-refractivity contribution in [2.45, 2.75) is 6.92 Å². The van der Waals surface area contributed by atoms with E-state index < -0.39 is 0 Å². The van der Waals surface area contributed by atoms with E-state index in [9.17, 15) is 4.79 Å². The maximum absolute atomic E-state index is 11.6. The van der Waals surface area contributed by atoms with E-state index in [2.05, 4.69) is 15.6 Å². The van der Waals surface area contributed by atoms with Crippen LogP contribution in [0.25, 0.3) is 10.9 Å². The number of benzene rings is 1. The summed E-state index contributed by atoms with van der Waals surface area (Å²) in [5.74, 6) is 0.678. The molecule has 94 valence electrons. The van der Waals surface area contributed by atoms with Crippen LogP contribution in [-0.4, -0.2) is 30.7 Å². The van der Waals surface area contributed by atoms with E-state index >= 15 is 0 Å². The minimum atomic E-state index is -0.120. The summed E-state index contributed by atoms with van der Waals surface area (Å²) >= 11 is 0. The lowest BCUT2D eigenvalue weighted by molar-refractivity contribution is 0.0963. The number of carbonyl (C=O) groups is 1. The van der Waals surface area contributed by atoms with Crippen LogP contribution in [0.1, 0.15) is 22.8 Å². The molecular weight excluding hydrogens is 228 g/mol. The number of hydrogen-bond acceptors (Lipinski definition) is 3. The van der Waals surface area contributed by atoms with Crippen LogP contribution in [0.2, 0.25) is 0 Å². The lowest BCUT2D eigenvalue weighted by Gasteiger charge is -2.01. The molecule has 18 heavy (non-hydrogen) atoms. The fourth-order valence-corrected chi connectivity index (χ4v) is 2.06. The third-order valence-electron chi connectivity index (χ3n) is 2.91. The average Bonchev–Trinajstić information content (AvgIpc) is 2.74. The summed E-state index contributed by atoms with van der Waals surface area (Å²) in [4.78, 5) is 14.8.